The molecule has 0 radical (unpaired) electrons. The molecule has 3 aromatic carbocycles. The molecule has 3 aromatic rings. The van der Waals surface area contributed by atoms with Crippen molar-refractivity contribution in [1.82, 2.24) is 0 Å². The van der Waals surface area contributed by atoms with Crippen LogP contribution in [0.25, 0.3) is 0 Å². The Kier molecular flexibility index (Phi) is 5.41. The zero-order valence-corrected chi connectivity index (χ0v) is 18.1. The largest absolute Gasteiger partial charge is 0.357 e. The van der Waals surface area contributed by atoms with Crippen LogP contribution in [0.4, 0.5) is 21.9 Å². The van der Waals surface area contributed by atoms with Gasteiger partial charge in [0.1, 0.15) is 0 Å². The number of Topliss-reactive ketones (excluding diaryl/α,β-unsaturated/α-hetero) is 1. The number of urea groups is 1. The van der Waals surface area contributed by atoms with Crippen LogP contribution in [0.2, 0.25) is 5.02 Å². The molecule has 2 amide bonds. The molecule has 160 valence electrons. The molecule has 1 aliphatic carbocycles. The maximum absolute atomic E-state index is 13.7. The number of amides is 2. The predicted octanol–water partition coefficient (Wildman–Crippen LogP) is 6.55. The van der Waals surface area contributed by atoms with Gasteiger partial charge in [-0.15, -0.1) is 0 Å². The van der Waals surface area contributed by atoms with E-state index in [2.05, 4.69) is 10.6 Å². The summed E-state index contributed by atoms with van der Waals surface area (Å²) in [6, 6.07) is 23.5. The standard InChI is InChI=1S/C26H22ClN3O2/c27-18-15-13-17(14-16-18)25-24-21(10-6-12-23(24)31)29-20-9-4-5-11-22(20)30(25)26(32)28-19-7-2-1-3-8-19/h1-5,7-9,11,13-16,25,29H,6,10,12H2,(H,28,32). The number of hydrogen-bond acceptors (Lipinski definition) is 3. The molecule has 2 aliphatic rings. The summed E-state index contributed by atoms with van der Waals surface area (Å²) in [6.07, 6.45) is 2.01. The van der Waals surface area contributed by atoms with E-state index in [1.165, 1.54) is 0 Å². The minimum absolute atomic E-state index is 0.0593. The van der Waals surface area contributed by atoms with Crippen molar-refractivity contribution in [2.45, 2.75) is 25.3 Å². The molecule has 32 heavy (non-hydrogen) atoms. The molecule has 6 heteroatoms. The van der Waals surface area contributed by atoms with Crippen LogP contribution in [0.5, 0.6) is 0 Å². The highest BCUT2D eigenvalue weighted by molar-refractivity contribution is 6.30. The molecule has 0 saturated carbocycles. The number of benzene rings is 3. The Morgan fingerprint density at radius 2 is 1.66 bits per heavy atom. The lowest BCUT2D eigenvalue weighted by Crippen LogP contribution is -2.40. The van der Waals surface area contributed by atoms with Gasteiger partial charge in [0.2, 0.25) is 0 Å². The second-order valence-electron chi connectivity index (χ2n) is 7.93. The zero-order chi connectivity index (χ0) is 22.1. The van der Waals surface area contributed by atoms with E-state index in [0.29, 0.717) is 28.4 Å². The van der Waals surface area contributed by atoms with Gasteiger partial charge in [-0.05, 0) is 54.8 Å². The molecule has 0 bridgehead atoms. The number of carbonyl (C=O) groups excluding carboxylic acids is 2. The number of carbonyl (C=O) groups is 2. The summed E-state index contributed by atoms with van der Waals surface area (Å²) < 4.78 is 0. The van der Waals surface area contributed by atoms with Gasteiger partial charge in [0.15, 0.2) is 5.78 Å². The van der Waals surface area contributed by atoms with Crippen molar-refractivity contribution >= 4 is 40.5 Å². The number of nitrogens with one attached hydrogen (secondary N) is 2. The average molecular weight is 444 g/mol. The molecule has 0 aromatic heterocycles. The third kappa shape index (κ3) is 3.76. The first kappa shape index (κ1) is 20.3. The van der Waals surface area contributed by atoms with Crippen LogP contribution in [-0.4, -0.2) is 11.8 Å². The Morgan fingerprint density at radius 1 is 0.938 bits per heavy atom. The van der Waals surface area contributed by atoms with Gasteiger partial charge in [0.25, 0.3) is 0 Å². The minimum Gasteiger partial charge on any atom is -0.357 e. The van der Waals surface area contributed by atoms with Crippen LogP contribution in [0.1, 0.15) is 30.9 Å². The van der Waals surface area contributed by atoms with Crippen molar-refractivity contribution < 1.29 is 9.59 Å². The van der Waals surface area contributed by atoms with E-state index in [4.69, 9.17) is 11.6 Å². The predicted molar refractivity (Wildman–Crippen MR) is 128 cm³/mol. The number of allylic oxidation sites excluding steroid dienone is 1. The van der Waals surface area contributed by atoms with Crippen LogP contribution in [0.15, 0.2) is 90.1 Å². The summed E-state index contributed by atoms with van der Waals surface area (Å²) in [6.45, 7) is 0. The highest BCUT2D eigenvalue weighted by Gasteiger charge is 2.39. The lowest BCUT2D eigenvalue weighted by Gasteiger charge is -2.34. The number of rotatable bonds is 2. The monoisotopic (exact) mass is 443 g/mol. The Balaban J connectivity index is 1.70. The Bertz CT molecular complexity index is 1210. The number of para-hydroxylation sites is 3. The third-order valence-corrected chi connectivity index (χ3v) is 6.12. The molecule has 5 rings (SSSR count). The van der Waals surface area contributed by atoms with Crippen LogP contribution >= 0.6 is 11.6 Å². The normalized spacial score (nSPS) is 17.7. The number of hydrogen-bond donors (Lipinski definition) is 2. The fraction of sp³-hybridized carbons (Fsp3) is 0.154. The quantitative estimate of drug-likeness (QED) is 0.472. The van der Waals surface area contributed by atoms with Gasteiger partial charge in [-0.1, -0.05) is 54.1 Å². The van der Waals surface area contributed by atoms with E-state index in [-0.39, 0.29) is 11.8 Å². The van der Waals surface area contributed by atoms with Crippen molar-refractivity contribution in [3.05, 3.63) is 101 Å². The lowest BCUT2D eigenvalue weighted by atomic mass is 9.86. The summed E-state index contributed by atoms with van der Waals surface area (Å²) in [4.78, 5) is 28.7. The summed E-state index contributed by atoms with van der Waals surface area (Å²) in [5.74, 6) is 0.0593. The molecule has 0 saturated heterocycles. The van der Waals surface area contributed by atoms with Crippen molar-refractivity contribution in [1.29, 1.82) is 0 Å². The van der Waals surface area contributed by atoms with Crippen molar-refractivity contribution in [2.75, 3.05) is 15.5 Å². The number of ketones is 1. The molecular weight excluding hydrogens is 422 g/mol. The van der Waals surface area contributed by atoms with Crippen molar-refractivity contribution in [3.8, 4) is 0 Å². The summed E-state index contributed by atoms with van der Waals surface area (Å²) in [5, 5.41) is 7.07. The van der Waals surface area contributed by atoms with Gasteiger partial charge >= 0.3 is 6.03 Å². The van der Waals surface area contributed by atoms with Gasteiger partial charge in [-0.25, -0.2) is 4.79 Å². The van der Waals surface area contributed by atoms with E-state index in [9.17, 15) is 9.59 Å². The molecule has 0 fully saturated rings. The molecular formula is C26H22ClN3O2. The van der Waals surface area contributed by atoms with E-state index in [1.807, 2.05) is 66.7 Å². The fourth-order valence-electron chi connectivity index (χ4n) is 4.42. The number of fused-ring (bicyclic) bond motifs is 1. The number of nitrogens with zero attached hydrogens (tertiary/aromatic N) is 1. The summed E-state index contributed by atoms with van der Waals surface area (Å²) in [7, 11) is 0. The second-order valence-corrected chi connectivity index (χ2v) is 8.37. The topological polar surface area (TPSA) is 61.4 Å². The van der Waals surface area contributed by atoms with Gasteiger partial charge < -0.3 is 10.6 Å². The average Bonchev–Trinajstić information content (AvgIpc) is 2.95. The number of anilines is 3. The smallest absolute Gasteiger partial charge is 0.327 e. The van der Waals surface area contributed by atoms with E-state index < -0.39 is 6.04 Å². The van der Waals surface area contributed by atoms with E-state index in [1.54, 1.807) is 17.0 Å². The zero-order valence-electron chi connectivity index (χ0n) is 17.3. The first-order valence-corrected chi connectivity index (χ1v) is 11.0. The highest BCUT2D eigenvalue weighted by Crippen LogP contribution is 2.45. The van der Waals surface area contributed by atoms with Crippen LogP contribution in [0.3, 0.4) is 0 Å². The SMILES string of the molecule is O=C1CCCC2=C1C(c1ccc(Cl)cc1)N(C(=O)Nc1ccccc1)c1ccccc1N2. The lowest BCUT2D eigenvalue weighted by molar-refractivity contribution is -0.116. The van der Waals surface area contributed by atoms with Gasteiger partial charge in [0.05, 0.1) is 17.4 Å². The summed E-state index contributed by atoms with van der Waals surface area (Å²) in [5.41, 5.74) is 4.55. The molecule has 0 spiro atoms. The third-order valence-electron chi connectivity index (χ3n) is 5.87. The Hall–Kier alpha value is -3.57. The van der Waals surface area contributed by atoms with Gasteiger partial charge in [0, 0.05) is 28.4 Å². The van der Waals surface area contributed by atoms with Crippen LogP contribution < -0.4 is 15.5 Å². The Labute approximate surface area is 191 Å². The minimum atomic E-state index is -0.574. The highest BCUT2D eigenvalue weighted by atomic mass is 35.5. The van der Waals surface area contributed by atoms with E-state index in [0.717, 1.165) is 29.8 Å². The fourth-order valence-corrected chi connectivity index (χ4v) is 4.55. The Morgan fingerprint density at radius 3 is 2.44 bits per heavy atom. The maximum atomic E-state index is 13.7. The molecule has 1 atom stereocenters. The molecule has 1 aliphatic heterocycles. The maximum Gasteiger partial charge on any atom is 0.327 e. The van der Waals surface area contributed by atoms with Gasteiger partial charge in [-0.2, -0.15) is 0 Å². The molecule has 1 heterocycles. The molecule has 1 unspecified atom stereocenters. The van der Waals surface area contributed by atoms with Crippen LogP contribution in [-0.2, 0) is 4.79 Å². The van der Waals surface area contributed by atoms with Crippen LogP contribution in [0, 0.1) is 0 Å². The first-order valence-electron chi connectivity index (χ1n) is 10.6. The molecule has 2 N–H and O–H groups in total. The van der Waals surface area contributed by atoms with Crippen molar-refractivity contribution in [2.24, 2.45) is 0 Å². The summed E-state index contributed by atoms with van der Waals surface area (Å²) >= 11 is 6.15. The second kappa shape index (κ2) is 8.52. The number of halogens is 1. The van der Waals surface area contributed by atoms with Gasteiger partial charge in [-0.3, -0.25) is 9.69 Å². The van der Waals surface area contributed by atoms with Crippen molar-refractivity contribution in [3.63, 3.8) is 0 Å². The van der Waals surface area contributed by atoms with E-state index >= 15 is 0 Å². The first-order chi connectivity index (χ1) is 15.6. The molecule has 5 nitrogen and oxygen atoms in total.